The van der Waals surface area contributed by atoms with E-state index < -0.39 is 0 Å². The molecule has 10 aromatic rings. The van der Waals surface area contributed by atoms with Crippen molar-refractivity contribution < 1.29 is 0 Å². The molecule has 0 unspecified atom stereocenters. The van der Waals surface area contributed by atoms with Crippen molar-refractivity contribution in [3.05, 3.63) is 170 Å². The molecule has 0 aliphatic rings. The third-order valence-corrected chi connectivity index (χ3v) is 9.61. The quantitative estimate of drug-likeness (QED) is 0.198. The van der Waals surface area contributed by atoms with Gasteiger partial charge >= 0.3 is 0 Å². The second-order valence-electron chi connectivity index (χ2n) is 12.2. The molecule has 10 rings (SSSR count). The predicted molar refractivity (Wildman–Crippen MR) is 199 cm³/mol. The standard InChI is InChI=1S/C44H28N4/c1-3-15-30(16-4-1)47-38-24-8-7-19-32(38)35-22-11-23-36(43(35)47)33-20-9-13-29-14-10-21-34(40(29)33)37-26-28-46-42-41-39(25-12-27-45-41)48(44(37)42)31-17-5-2-6-18-31/h1-28H. The highest BCUT2D eigenvalue weighted by Crippen LogP contribution is 2.44. The SMILES string of the molecule is c1ccc(-n2c3ccccc3c3cccc(-c4cccc5cccc(-c6ccnc7c8ncccc8n(-c8ccccc8)c67)c45)c32)cc1. The van der Waals surface area contributed by atoms with Gasteiger partial charge in [0.25, 0.3) is 0 Å². The first-order chi connectivity index (χ1) is 23.9. The van der Waals surface area contributed by atoms with Crippen LogP contribution in [0.25, 0.3) is 88.3 Å². The van der Waals surface area contributed by atoms with Gasteiger partial charge in [-0.05, 0) is 70.4 Å². The summed E-state index contributed by atoms with van der Waals surface area (Å²) in [4.78, 5) is 9.75. The fourth-order valence-corrected chi connectivity index (χ4v) is 7.67. The van der Waals surface area contributed by atoms with Gasteiger partial charge in [-0.3, -0.25) is 9.97 Å². The van der Waals surface area contributed by atoms with E-state index in [1.54, 1.807) is 0 Å². The van der Waals surface area contributed by atoms with Crippen LogP contribution in [0.4, 0.5) is 0 Å². The Morgan fingerprint density at radius 1 is 0.354 bits per heavy atom. The number of rotatable bonds is 4. The van der Waals surface area contributed by atoms with E-state index in [1.165, 1.54) is 43.7 Å². The normalized spacial score (nSPS) is 11.8. The van der Waals surface area contributed by atoms with E-state index in [-0.39, 0.29) is 0 Å². The van der Waals surface area contributed by atoms with Crippen molar-refractivity contribution in [2.45, 2.75) is 0 Å². The Morgan fingerprint density at radius 2 is 0.917 bits per heavy atom. The largest absolute Gasteiger partial charge is 0.309 e. The van der Waals surface area contributed by atoms with Crippen molar-refractivity contribution in [3.63, 3.8) is 0 Å². The Morgan fingerprint density at radius 3 is 1.67 bits per heavy atom. The molecule has 0 N–H and O–H groups in total. The lowest BCUT2D eigenvalue weighted by Gasteiger charge is -2.17. The van der Waals surface area contributed by atoms with Crippen molar-refractivity contribution in [2.24, 2.45) is 0 Å². The molecule has 4 nitrogen and oxygen atoms in total. The molecule has 4 heterocycles. The maximum absolute atomic E-state index is 4.93. The number of pyridine rings is 2. The summed E-state index contributed by atoms with van der Waals surface area (Å²) in [7, 11) is 0. The summed E-state index contributed by atoms with van der Waals surface area (Å²) >= 11 is 0. The van der Waals surface area contributed by atoms with Crippen molar-refractivity contribution in [2.75, 3.05) is 0 Å². The molecule has 6 aromatic carbocycles. The Labute approximate surface area is 276 Å². The minimum Gasteiger partial charge on any atom is -0.309 e. The first-order valence-electron chi connectivity index (χ1n) is 16.3. The second kappa shape index (κ2) is 10.5. The lowest BCUT2D eigenvalue weighted by atomic mass is 9.90. The molecule has 0 saturated heterocycles. The van der Waals surface area contributed by atoms with Gasteiger partial charge in [-0.1, -0.05) is 109 Å². The molecular formula is C44H28N4. The monoisotopic (exact) mass is 612 g/mol. The average Bonchev–Trinajstić information content (AvgIpc) is 3.68. The Kier molecular flexibility index (Phi) is 5.84. The number of hydrogen-bond donors (Lipinski definition) is 0. The topological polar surface area (TPSA) is 35.6 Å². The summed E-state index contributed by atoms with van der Waals surface area (Å²) in [6.45, 7) is 0. The minimum atomic E-state index is 0.896. The number of aromatic nitrogens is 4. The van der Waals surface area contributed by atoms with E-state index in [2.05, 4.69) is 161 Å². The van der Waals surface area contributed by atoms with Crippen LogP contribution in [0.1, 0.15) is 0 Å². The van der Waals surface area contributed by atoms with Crippen molar-refractivity contribution in [3.8, 4) is 33.6 Å². The van der Waals surface area contributed by atoms with Crippen LogP contribution in [0.15, 0.2) is 170 Å². The van der Waals surface area contributed by atoms with E-state index in [0.29, 0.717) is 0 Å². The van der Waals surface area contributed by atoms with Gasteiger partial charge in [0, 0.05) is 45.7 Å². The number of fused-ring (bicyclic) bond motifs is 7. The molecule has 0 atom stereocenters. The molecule has 0 amide bonds. The van der Waals surface area contributed by atoms with E-state index in [9.17, 15) is 0 Å². The van der Waals surface area contributed by atoms with Gasteiger partial charge in [0.15, 0.2) is 0 Å². The summed E-state index contributed by atoms with van der Waals surface area (Å²) < 4.78 is 4.74. The number of nitrogens with zero attached hydrogens (tertiary/aromatic N) is 4. The molecule has 0 bridgehead atoms. The smallest absolute Gasteiger partial charge is 0.115 e. The average molecular weight is 613 g/mol. The fraction of sp³-hybridized carbons (Fsp3) is 0. The van der Waals surface area contributed by atoms with Crippen LogP contribution in [0, 0.1) is 0 Å². The van der Waals surface area contributed by atoms with Gasteiger partial charge in [-0.25, -0.2) is 0 Å². The second-order valence-corrected chi connectivity index (χ2v) is 12.2. The lowest BCUT2D eigenvalue weighted by molar-refractivity contribution is 1.17. The maximum atomic E-state index is 4.93. The zero-order valence-electron chi connectivity index (χ0n) is 26.0. The Bertz CT molecular complexity index is 2640. The molecule has 0 fully saturated rings. The predicted octanol–water partition coefficient (Wildman–Crippen LogP) is 11.2. The molecule has 4 aromatic heterocycles. The van der Waals surface area contributed by atoms with E-state index in [1.807, 2.05) is 18.5 Å². The van der Waals surface area contributed by atoms with Crippen LogP contribution in [0.5, 0.6) is 0 Å². The molecular weight excluding hydrogens is 585 g/mol. The van der Waals surface area contributed by atoms with Gasteiger partial charge in [0.1, 0.15) is 11.0 Å². The van der Waals surface area contributed by atoms with Crippen LogP contribution in [0.2, 0.25) is 0 Å². The Hall–Kier alpha value is -6.52. The zero-order valence-corrected chi connectivity index (χ0v) is 26.0. The van der Waals surface area contributed by atoms with Crippen LogP contribution in [0.3, 0.4) is 0 Å². The molecule has 0 radical (unpaired) electrons. The summed E-state index contributed by atoms with van der Waals surface area (Å²) in [5.41, 5.74) is 13.2. The molecule has 224 valence electrons. The summed E-state index contributed by atoms with van der Waals surface area (Å²) in [6, 6.07) is 56.3. The molecule has 48 heavy (non-hydrogen) atoms. The lowest BCUT2D eigenvalue weighted by Crippen LogP contribution is -1.97. The Balaban J connectivity index is 1.34. The molecule has 0 saturated carbocycles. The number of hydrogen-bond acceptors (Lipinski definition) is 2. The van der Waals surface area contributed by atoms with E-state index in [0.717, 1.165) is 44.6 Å². The molecule has 0 aliphatic heterocycles. The summed E-state index contributed by atoms with van der Waals surface area (Å²) in [5, 5.41) is 4.88. The van der Waals surface area contributed by atoms with Crippen molar-refractivity contribution >= 4 is 54.6 Å². The van der Waals surface area contributed by atoms with E-state index in [4.69, 9.17) is 9.97 Å². The molecule has 4 heteroatoms. The summed E-state index contributed by atoms with van der Waals surface area (Å²) in [5.74, 6) is 0. The van der Waals surface area contributed by atoms with Crippen LogP contribution >= 0.6 is 0 Å². The first kappa shape index (κ1) is 26.7. The van der Waals surface area contributed by atoms with Gasteiger partial charge in [-0.2, -0.15) is 0 Å². The first-order valence-corrected chi connectivity index (χ1v) is 16.3. The fourth-order valence-electron chi connectivity index (χ4n) is 7.67. The van der Waals surface area contributed by atoms with Gasteiger partial charge < -0.3 is 9.13 Å². The number of benzene rings is 6. The van der Waals surface area contributed by atoms with Crippen molar-refractivity contribution in [1.82, 2.24) is 19.1 Å². The molecule has 0 spiro atoms. The van der Waals surface area contributed by atoms with Gasteiger partial charge in [0.05, 0.1) is 22.1 Å². The minimum absolute atomic E-state index is 0.896. The third-order valence-electron chi connectivity index (χ3n) is 9.61. The van der Waals surface area contributed by atoms with Crippen molar-refractivity contribution in [1.29, 1.82) is 0 Å². The van der Waals surface area contributed by atoms with Gasteiger partial charge in [-0.15, -0.1) is 0 Å². The highest BCUT2D eigenvalue weighted by Gasteiger charge is 2.22. The van der Waals surface area contributed by atoms with Crippen LogP contribution in [-0.2, 0) is 0 Å². The third kappa shape index (κ3) is 3.83. The maximum Gasteiger partial charge on any atom is 0.115 e. The highest BCUT2D eigenvalue weighted by atomic mass is 15.0. The highest BCUT2D eigenvalue weighted by molar-refractivity contribution is 6.19. The molecule has 0 aliphatic carbocycles. The van der Waals surface area contributed by atoms with Crippen LogP contribution < -0.4 is 0 Å². The zero-order chi connectivity index (χ0) is 31.6. The van der Waals surface area contributed by atoms with Crippen LogP contribution in [-0.4, -0.2) is 19.1 Å². The summed E-state index contributed by atoms with van der Waals surface area (Å²) in [6.07, 6.45) is 3.78. The number of para-hydroxylation sites is 4. The van der Waals surface area contributed by atoms with Gasteiger partial charge in [0.2, 0.25) is 0 Å². The van der Waals surface area contributed by atoms with E-state index >= 15 is 0 Å².